The lowest BCUT2D eigenvalue weighted by Gasteiger charge is -2.13. The Bertz CT molecular complexity index is 1020. The third-order valence-corrected chi connectivity index (χ3v) is 6.07. The van der Waals surface area contributed by atoms with Gasteiger partial charge < -0.3 is 5.32 Å². The second-order valence-corrected chi connectivity index (χ2v) is 8.05. The molecule has 1 aromatic carbocycles. The number of amides is 1. The van der Waals surface area contributed by atoms with E-state index in [1.54, 1.807) is 4.57 Å². The van der Waals surface area contributed by atoms with Crippen molar-refractivity contribution in [1.29, 1.82) is 0 Å². The molecule has 0 aliphatic carbocycles. The predicted molar refractivity (Wildman–Crippen MR) is 111 cm³/mol. The van der Waals surface area contributed by atoms with Gasteiger partial charge in [-0.3, -0.25) is 14.2 Å². The van der Waals surface area contributed by atoms with Gasteiger partial charge in [0.05, 0.1) is 16.6 Å². The smallest absolute Gasteiger partial charge is 0.262 e. The number of thiophene rings is 1. The maximum atomic E-state index is 12.7. The molecular weight excluding hydrogens is 382 g/mol. The van der Waals surface area contributed by atoms with Gasteiger partial charge in [0.25, 0.3) is 11.5 Å². The monoisotopic (exact) mass is 403 g/mol. The molecule has 2 aromatic heterocycles. The van der Waals surface area contributed by atoms with E-state index < -0.39 is 0 Å². The van der Waals surface area contributed by atoms with Crippen LogP contribution in [0.5, 0.6) is 0 Å². The largest absolute Gasteiger partial charge is 0.349 e. The minimum absolute atomic E-state index is 0.0121. The molecule has 27 heavy (non-hydrogen) atoms. The first-order valence-corrected chi connectivity index (χ1v) is 10.1. The number of carbonyl (C=O) groups excluding carboxylic acids is 1. The van der Waals surface area contributed by atoms with Crippen molar-refractivity contribution in [1.82, 2.24) is 14.9 Å². The molecule has 1 atom stereocenters. The summed E-state index contributed by atoms with van der Waals surface area (Å²) in [6.07, 6.45) is 3.21. The molecule has 0 aliphatic heterocycles. The van der Waals surface area contributed by atoms with Gasteiger partial charge in [-0.15, -0.1) is 11.3 Å². The van der Waals surface area contributed by atoms with E-state index in [0.29, 0.717) is 27.2 Å². The van der Waals surface area contributed by atoms with Gasteiger partial charge >= 0.3 is 0 Å². The summed E-state index contributed by atoms with van der Waals surface area (Å²) in [6.45, 7) is 6.25. The van der Waals surface area contributed by atoms with Crippen LogP contribution < -0.4 is 10.9 Å². The van der Waals surface area contributed by atoms with Crippen LogP contribution in [0.25, 0.3) is 10.2 Å². The van der Waals surface area contributed by atoms with E-state index >= 15 is 0 Å². The maximum Gasteiger partial charge on any atom is 0.262 e. The molecule has 0 aliphatic rings. The van der Waals surface area contributed by atoms with E-state index in [-0.39, 0.29) is 17.5 Å². The first-order chi connectivity index (χ1) is 12.9. The Morgan fingerprint density at radius 3 is 2.70 bits per heavy atom. The lowest BCUT2D eigenvalue weighted by atomic mass is 10.1. The summed E-state index contributed by atoms with van der Waals surface area (Å²) in [5.74, 6) is -0.151. The Kier molecular flexibility index (Phi) is 5.97. The first-order valence-electron chi connectivity index (χ1n) is 8.94. The Labute approximate surface area is 167 Å². The molecule has 1 amide bonds. The number of hydrogen-bond donors (Lipinski definition) is 1. The number of halogens is 1. The van der Waals surface area contributed by atoms with Crippen molar-refractivity contribution in [2.24, 2.45) is 0 Å². The summed E-state index contributed by atoms with van der Waals surface area (Å²) in [7, 11) is 0. The van der Waals surface area contributed by atoms with Gasteiger partial charge in [-0.25, -0.2) is 4.98 Å². The Morgan fingerprint density at radius 1 is 1.33 bits per heavy atom. The highest BCUT2D eigenvalue weighted by Gasteiger charge is 2.20. The molecule has 0 bridgehead atoms. The van der Waals surface area contributed by atoms with Crippen molar-refractivity contribution in [3.05, 3.63) is 62.0 Å². The van der Waals surface area contributed by atoms with Crippen molar-refractivity contribution in [2.45, 2.75) is 46.2 Å². The minimum Gasteiger partial charge on any atom is -0.349 e. The van der Waals surface area contributed by atoms with Crippen LogP contribution in [-0.4, -0.2) is 21.5 Å². The zero-order chi connectivity index (χ0) is 19.6. The Morgan fingerprint density at radius 2 is 2.04 bits per heavy atom. The van der Waals surface area contributed by atoms with Crippen LogP contribution >= 0.6 is 22.9 Å². The molecule has 0 fully saturated rings. The van der Waals surface area contributed by atoms with Gasteiger partial charge in [0, 0.05) is 17.6 Å². The zero-order valence-electron chi connectivity index (χ0n) is 15.6. The van der Waals surface area contributed by atoms with E-state index in [4.69, 9.17) is 11.6 Å². The fourth-order valence-corrected chi connectivity index (χ4v) is 4.17. The van der Waals surface area contributed by atoms with Crippen LogP contribution in [0.1, 0.15) is 41.1 Å². The molecule has 142 valence electrons. The average molecular weight is 404 g/mol. The summed E-state index contributed by atoms with van der Waals surface area (Å²) in [6, 6.07) is 7.75. The van der Waals surface area contributed by atoms with E-state index in [2.05, 4.69) is 10.3 Å². The second-order valence-electron chi connectivity index (χ2n) is 6.61. The molecule has 0 unspecified atom stereocenters. The summed E-state index contributed by atoms with van der Waals surface area (Å²) < 4.78 is 1.55. The zero-order valence-corrected chi connectivity index (χ0v) is 17.2. The number of rotatable bonds is 6. The standard InChI is InChI=1S/C20H22ClN3O2S/c1-4-24-11-22-19-16(20(24)26)13(3)17(27-19)18(25)23-12(2)5-6-14-7-9-15(21)10-8-14/h7-12H,4-6H2,1-3H3,(H,23,25)/t12-/m0/s1. The highest BCUT2D eigenvalue weighted by Crippen LogP contribution is 2.26. The van der Waals surface area contributed by atoms with E-state index in [0.717, 1.165) is 17.9 Å². The number of fused-ring (bicyclic) bond motifs is 1. The van der Waals surface area contributed by atoms with Crippen LogP contribution in [0, 0.1) is 6.92 Å². The SMILES string of the molecule is CCn1cnc2sc(C(=O)N[C@@H](C)CCc3ccc(Cl)cc3)c(C)c2c1=O. The summed E-state index contributed by atoms with van der Waals surface area (Å²) in [5.41, 5.74) is 1.80. The third kappa shape index (κ3) is 4.22. The van der Waals surface area contributed by atoms with E-state index in [1.807, 2.05) is 45.0 Å². The molecule has 1 N–H and O–H groups in total. The highest BCUT2D eigenvalue weighted by molar-refractivity contribution is 7.20. The molecular formula is C20H22ClN3O2S. The quantitative estimate of drug-likeness (QED) is 0.671. The predicted octanol–water partition coefficient (Wildman–Crippen LogP) is 4.19. The lowest BCUT2D eigenvalue weighted by Crippen LogP contribution is -2.32. The number of hydrogen-bond acceptors (Lipinski definition) is 4. The first kappa shape index (κ1) is 19.6. The number of nitrogens with zero attached hydrogens (tertiary/aromatic N) is 2. The van der Waals surface area contributed by atoms with Gasteiger partial charge in [0.1, 0.15) is 4.83 Å². The van der Waals surface area contributed by atoms with Gasteiger partial charge in [-0.1, -0.05) is 23.7 Å². The molecule has 0 saturated heterocycles. The topological polar surface area (TPSA) is 64.0 Å². The number of benzene rings is 1. The van der Waals surface area contributed by atoms with Crippen molar-refractivity contribution in [3.8, 4) is 0 Å². The van der Waals surface area contributed by atoms with Gasteiger partial charge in [-0.2, -0.15) is 0 Å². The summed E-state index contributed by atoms with van der Waals surface area (Å²) in [4.78, 5) is 30.7. The van der Waals surface area contributed by atoms with Crippen molar-refractivity contribution >= 4 is 39.1 Å². The molecule has 0 radical (unpaired) electrons. The fourth-order valence-electron chi connectivity index (χ4n) is 3.00. The Hall–Kier alpha value is -2.18. The fraction of sp³-hybridized carbons (Fsp3) is 0.350. The van der Waals surface area contributed by atoms with E-state index in [9.17, 15) is 9.59 Å². The van der Waals surface area contributed by atoms with Crippen LogP contribution in [0.4, 0.5) is 0 Å². The summed E-state index contributed by atoms with van der Waals surface area (Å²) >= 11 is 7.18. The number of nitrogens with one attached hydrogen (secondary N) is 1. The lowest BCUT2D eigenvalue weighted by molar-refractivity contribution is 0.0942. The van der Waals surface area contributed by atoms with Crippen LogP contribution in [0.3, 0.4) is 0 Å². The average Bonchev–Trinajstić information content (AvgIpc) is 2.99. The van der Waals surface area contributed by atoms with Crippen LogP contribution in [0.2, 0.25) is 5.02 Å². The van der Waals surface area contributed by atoms with Crippen LogP contribution in [-0.2, 0) is 13.0 Å². The Balaban J connectivity index is 1.72. The maximum absolute atomic E-state index is 12.7. The molecule has 5 nitrogen and oxygen atoms in total. The summed E-state index contributed by atoms with van der Waals surface area (Å²) in [5, 5.41) is 4.30. The van der Waals surface area contributed by atoms with Crippen LogP contribution in [0.15, 0.2) is 35.4 Å². The van der Waals surface area contributed by atoms with Gasteiger partial charge in [0.2, 0.25) is 0 Å². The minimum atomic E-state index is -0.151. The number of carbonyl (C=O) groups is 1. The number of aromatic nitrogens is 2. The van der Waals surface area contributed by atoms with Crippen molar-refractivity contribution < 1.29 is 4.79 Å². The van der Waals surface area contributed by atoms with Crippen molar-refractivity contribution in [2.75, 3.05) is 0 Å². The number of aryl methyl sites for hydroxylation is 3. The molecule has 0 spiro atoms. The van der Waals surface area contributed by atoms with Gasteiger partial charge in [-0.05, 0) is 56.9 Å². The van der Waals surface area contributed by atoms with E-state index in [1.165, 1.54) is 23.2 Å². The third-order valence-electron chi connectivity index (χ3n) is 4.62. The normalized spacial score (nSPS) is 12.3. The molecule has 3 rings (SSSR count). The second kappa shape index (κ2) is 8.23. The molecule has 0 saturated carbocycles. The molecule has 3 aromatic rings. The molecule has 7 heteroatoms. The van der Waals surface area contributed by atoms with Gasteiger partial charge in [0.15, 0.2) is 0 Å². The molecule has 2 heterocycles. The highest BCUT2D eigenvalue weighted by atomic mass is 35.5. The van der Waals surface area contributed by atoms with Crippen molar-refractivity contribution in [3.63, 3.8) is 0 Å².